The van der Waals surface area contributed by atoms with E-state index in [2.05, 4.69) is 94.0 Å². The molecule has 0 fully saturated rings. The summed E-state index contributed by atoms with van der Waals surface area (Å²) in [5, 5.41) is 16.0. The summed E-state index contributed by atoms with van der Waals surface area (Å²) in [7, 11) is 2.09. The summed E-state index contributed by atoms with van der Waals surface area (Å²) in [5.74, 6) is 0.547. The van der Waals surface area contributed by atoms with E-state index >= 15 is 0 Å². The number of hydrogen-bond donors (Lipinski definition) is 0. The molecule has 0 atom stereocenters. The number of fused-ring (bicyclic) bond motifs is 8. The Morgan fingerprint density at radius 1 is 0.795 bits per heavy atom. The Hall–Kier alpha value is -4.62. The van der Waals surface area contributed by atoms with Crippen LogP contribution in [0, 0.1) is 31.1 Å². The van der Waals surface area contributed by atoms with E-state index < -0.39 is 0 Å². The highest BCUT2D eigenvalue weighted by molar-refractivity contribution is 6.18. The van der Waals surface area contributed by atoms with Gasteiger partial charge in [-0.1, -0.05) is 32.0 Å². The van der Waals surface area contributed by atoms with Crippen LogP contribution in [0.5, 0.6) is 0 Å². The first-order valence-corrected chi connectivity index (χ1v) is 13.5. The van der Waals surface area contributed by atoms with Gasteiger partial charge in [0.1, 0.15) is 29.4 Å². The van der Waals surface area contributed by atoms with E-state index in [-0.39, 0.29) is 0 Å². The maximum Gasteiger partial charge on any atom is 0.224 e. The maximum atomic E-state index is 9.44. The van der Waals surface area contributed by atoms with Crippen molar-refractivity contribution < 1.29 is 13.4 Å². The highest BCUT2D eigenvalue weighted by Gasteiger charge is 2.26. The monoisotopic (exact) mass is 509 g/mol. The van der Waals surface area contributed by atoms with Crippen molar-refractivity contribution in [3.8, 4) is 17.3 Å². The van der Waals surface area contributed by atoms with Crippen LogP contribution in [0.2, 0.25) is 0 Å². The number of pyridine rings is 1. The topological polar surface area (TPSA) is 54.0 Å². The second kappa shape index (κ2) is 8.44. The Morgan fingerprint density at radius 3 is 2.33 bits per heavy atom. The summed E-state index contributed by atoms with van der Waals surface area (Å²) < 4.78 is 15.4. The standard InChI is InChI=1S/C35H29N2O2/c1-19(2)15-23-7-6-8-26-27-12-11-25-28(34(27)39-33(23)26)13-14-37(5)32(25)31-21(4)20(3)16-29-24-10-9-22(18-36)17-30(24)38-35(29)31/h6-14,16-17,19H,15H2,1-5H3/q+1. The molecule has 4 nitrogen and oxygen atoms in total. The molecule has 3 heterocycles. The minimum absolute atomic E-state index is 0.547. The molecule has 0 N–H and O–H groups in total. The number of nitriles is 1. The molecule has 7 rings (SSSR count). The maximum absolute atomic E-state index is 9.44. The van der Waals surface area contributed by atoms with Crippen molar-refractivity contribution in [3.05, 3.63) is 89.1 Å². The van der Waals surface area contributed by atoms with Crippen LogP contribution < -0.4 is 4.57 Å². The molecule has 0 aliphatic heterocycles. The first kappa shape index (κ1) is 23.5. The number of para-hydroxylation sites is 1. The lowest BCUT2D eigenvalue weighted by Crippen LogP contribution is -2.30. The fourth-order valence-corrected chi connectivity index (χ4v) is 6.17. The molecule has 4 aromatic carbocycles. The van der Waals surface area contributed by atoms with Gasteiger partial charge in [-0.05, 0) is 79.3 Å². The minimum Gasteiger partial charge on any atom is -0.455 e. The van der Waals surface area contributed by atoms with E-state index in [4.69, 9.17) is 8.83 Å². The molecule has 39 heavy (non-hydrogen) atoms. The quantitative estimate of drug-likeness (QED) is 0.224. The summed E-state index contributed by atoms with van der Waals surface area (Å²) in [6, 6.07) is 23.2. The van der Waals surface area contributed by atoms with Gasteiger partial charge in [0, 0.05) is 33.0 Å². The number of rotatable bonds is 3. The van der Waals surface area contributed by atoms with Crippen LogP contribution in [0.4, 0.5) is 0 Å². The third kappa shape index (κ3) is 3.40. The first-order valence-electron chi connectivity index (χ1n) is 13.5. The van der Waals surface area contributed by atoms with Gasteiger partial charge < -0.3 is 8.83 Å². The van der Waals surface area contributed by atoms with Crippen molar-refractivity contribution in [3.63, 3.8) is 0 Å². The minimum atomic E-state index is 0.547. The summed E-state index contributed by atoms with van der Waals surface area (Å²) in [4.78, 5) is 0. The molecule has 0 spiro atoms. The zero-order valence-electron chi connectivity index (χ0n) is 22.8. The third-order valence-electron chi connectivity index (χ3n) is 8.14. The predicted octanol–water partition coefficient (Wildman–Crippen LogP) is 8.82. The smallest absolute Gasteiger partial charge is 0.224 e. The van der Waals surface area contributed by atoms with Gasteiger partial charge in [0.25, 0.3) is 0 Å². The van der Waals surface area contributed by atoms with Gasteiger partial charge in [-0.15, -0.1) is 0 Å². The zero-order chi connectivity index (χ0) is 27.0. The highest BCUT2D eigenvalue weighted by Crippen LogP contribution is 2.43. The lowest BCUT2D eigenvalue weighted by molar-refractivity contribution is -0.659. The van der Waals surface area contributed by atoms with Crippen molar-refractivity contribution in [1.82, 2.24) is 0 Å². The molecule has 0 aliphatic rings. The molecule has 0 aliphatic carbocycles. The van der Waals surface area contributed by atoms with Gasteiger partial charge in [-0.3, -0.25) is 0 Å². The molecule has 3 aromatic heterocycles. The Bertz CT molecular complexity index is 2170. The van der Waals surface area contributed by atoms with E-state index in [1.807, 2.05) is 18.2 Å². The SMILES string of the molecule is Cc1cc2c(oc3cc(C#N)ccc32)c(-c2c3ccc4c5cccc(CC(C)C)c5oc4c3cc[n+]2C)c1C. The lowest BCUT2D eigenvalue weighted by Gasteiger charge is -2.11. The lowest BCUT2D eigenvalue weighted by atomic mass is 9.93. The van der Waals surface area contributed by atoms with Crippen LogP contribution in [0.1, 0.15) is 36.1 Å². The van der Waals surface area contributed by atoms with Crippen LogP contribution >= 0.6 is 0 Å². The summed E-state index contributed by atoms with van der Waals surface area (Å²) in [6.45, 7) is 8.80. The molecular weight excluding hydrogens is 480 g/mol. The van der Waals surface area contributed by atoms with E-state index in [0.717, 1.165) is 66.9 Å². The largest absolute Gasteiger partial charge is 0.455 e. The van der Waals surface area contributed by atoms with Gasteiger partial charge in [0.15, 0.2) is 6.20 Å². The summed E-state index contributed by atoms with van der Waals surface area (Å²) >= 11 is 0. The molecule has 7 aromatic rings. The number of hydrogen-bond acceptors (Lipinski definition) is 3. The fraction of sp³-hybridized carbons (Fsp3) is 0.200. The van der Waals surface area contributed by atoms with Gasteiger partial charge in [-0.2, -0.15) is 5.26 Å². The molecule has 0 saturated carbocycles. The zero-order valence-corrected chi connectivity index (χ0v) is 22.8. The van der Waals surface area contributed by atoms with Crippen LogP contribution in [-0.4, -0.2) is 0 Å². The van der Waals surface area contributed by atoms with Gasteiger partial charge in [0.2, 0.25) is 5.69 Å². The van der Waals surface area contributed by atoms with Gasteiger partial charge in [-0.25, -0.2) is 4.57 Å². The van der Waals surface area contributed by atoms with Crippen LogP contribution in [-0.2, 0) is 13.5 Å². The Morgan fingerprint density at radius 2 is 1.54 bits per heavy atom. The van der Waals surface area contributed by atoms with Crippen LogP contribution in [0.25, 0.3) is 65.9 Å². The number of nitrogens with zero attached hydrogens (tertiary/aromatic N) is 2. The first-order chi connectivity index (χ1) is 18.9. The summed E-state index contributed by atoms with van der Waals surface area (Å²) in [6.07, 6.45) is 3.10. The molecule has 0 amide bonds. The predicted molar refractivity (Wildman–Crippen MR) is 158 cm³/mol. The molecule has 190 valence electrons. The molecular formula is C35H29N2O2+. The number of benzene rings is 4. The average Bonchev–Trinajstić information content (AvgIpc) is 3.48. The van der Waals surface area contributed by atoms with E-state index in [1.165, 1.54) is 22.1 Å². The summed E-state index contributed by atoms with van der Waals surface area (Å²) in [5.41, 5.74) is 9.87. The van der Waals surface area contributed by atoms with Crippen molar-refractivity contribution in [1.29, 1.82) is 5.26 Å². The average molecular weight is 510 g/mol. The Labute approximate surface area is 226 Å². The normalized spacial score (nSPS) is 12.0. The van der Waals surface area contributed by atoms with Crippen molar-refractivity contribution in [2.75, 3.05) is 0 Å². The Balaban J connectivity index is 1.58. The highest BCUT2D eigenvalue weighted by atomic mass is 16.3. The molecule has 4 heteroatoms. The fourth-order valence-electron chi connectivity index (χ4n) is 6.17. The van der Waals surface area contributed by atoms with Crippen LogP contribution in [0.15, 0.2) is 75.7 Å². The Kier molecular flexibility index (Phi) is 5.09. The molecule has 0 unspecified atom stereocenters. The van der Waals surface area contributed by atoms with Crippen molar-refractivity contribution >= 4 is 54.6 Å². The number of aromatic nitrogens is 1. The second-order valence-electron chi connectivity index (χ2n) is 11.2. The van der Waals surface area contributed by atoms with Gasteiger partial charge >= 0.3 is 0 Å². The molecule has 0 radical (unpaired) electrons. The van der Waals surface area contributed by atoms with Crippen LogP contribution in [0.3, 0.4) is 0 Å². The van der Waals surface area contributed by atoms with Crippen molar-refractivity contribution in [2.45, 2.75) is 34.1 Å². The molecule has 0 bridgehead atoms. The third-order valence-corrected chi connectivity index (χ3v) is 8.14. The van der Waals surface area contributed by atoms with E-state index in [9.17, 15) is 5.26 Å². The van der Waals surface area contributed by atoms with E-state index in [0.29, 0.717) is 11.5 Å². The second-order valence-corrected chi connectivity index (χ2v) is 11.2. The number of aryl methyl sites for hydroxylation is 2. The van der Waals surface area contributed by atoms with Crippen molar-refractivity contribution in [2.24, 2.45) is 13.0 Å². The van der Waals surface area contributed by atoms with E-state index in [1.54, 1.807) is 0 Å². The number of furan rings is 2. The van der Waals surface area contributed by atoms with Gasteiger partial charge in [0.05, 0.1) is 22.6 Å². The molecule has 0 saturated heterocycles.